The van der Waals surface area contributed by atoms with Crippen molar-refractivity contribution < 1.29 is 27.4 Å². The third kappa shape index (κ3) is 7.03. The SMILES string of the molecule is COCCO[C@H]1/C=C\C[C@@H](C)[C@H](CC2CC2)S(=O)(=O)NC(=O)c2ccc3c(c2)N(C[C@@H]2CC[C@H]21)C[C@@]1(CCCc2cc(Cl)ccc21)CO3. The van der Waals surface area contributed by atoms with Gasteiger partial charge in [0.05, 0.1) is 36.9 Å². The fourth-order valence-electron chi connectivity index (χ4n) is 8.57. The molecule has 2 aromatic rings. The predicted octanol–water partition coefficient (Wildman–Crippen LogP) is 6.70. The summed E-state index contributed by atoms with van der Waals surface area (Å²) in [4.78, 5) is 16.1. The van der Waals surface area contributed by atoms with E-state index in [2.05, 4.69) is 33.9 Å². The van der Waals surface area contributed by atoms with Gasteiger partial charge in [0.1, 0.15) is 5.75 Å². The molecule has 5 aliphatic rings. The van der Waals surface area contributed by atoms with Gasteiger partial charge >= 0.3 is 0 Å². The van der Waals surface area contributed by atoms with Crippen LogP contribution in [0.4, 0.5) is 5.69 Å². The van der Waals surface area contributed by atoms with Crippen LogP contribution in [0.25, 0.3) is 0 Å². The summed E-state index contributed by atoms with van der Waals surface area (Å²) in [5, 5.41) is 0.0918. The minimum atomic E-state index is -3.93. The zero-order valence-corrected chi connectivity index (χ0v) is 29.7. The second-order valence-electron chi connectivity index (χ2n) is 15.0. The molecule has 1 N–H and O–H groups in total. The number of hydrogen-bond donors (Lipinski definition) is 1. The van der Waals surface area contributed by atoms with Crippen LogP contribution in [-0.2, 0) is 31.3 Å². The zero-order valence-electron chi connectivity index (χ0n) is 28.2. The highest BCUT2D eigenvalue weighted by Gasteiger charge is 2.45. The van der Waals surface area contributed by atoms with Gasteiger partial charge in [-0.25, -0.2) is 13.1 Å². The fourth-order valence-corrected chi connectivity index (χ4v) is 10.5. The number of methoxy groups -OCH3 is 1. The minimum Gasteiger partial charge on any atom is -0.490 e. The Morgan fingerprint density at radius 3 is 2.73 bits per heavy atom. The number of benzene rings is 2. The van der Waals surface area contributed by atoms with Gasteiger partial charge in [0.15, 0.2) is 0 Å². The first-order valence-corrected chi connectivity index (χ1v) is 19.7. The molecule has 2 saturated carbocycles. The predicted molar refractivity (Wildman–Crippen MR) is 188 cm³/mol. The number of carbonyl (C=O) groups is 1. The summed E-state index contributed by atoms with van der Waals surface area (Å²) in [5.74, 6) is 1.07. The molecule has 2 fully saturated rings. The number of aryl methyl sites for hydroxylation is 1. The number of halogens is 1. The van der Waals surface area contributed by atoms with Crippen LogP contribution in [0.2, 0.25) is 5.02 Å². The molecule has 2 heterocycles. The molecule has 260 valence electrons. The molecule has 48 heavy (non-hydrogen) atoms. The van der Waals surface area contributed by atoms with Crippen molar-refractivity contribution >= 4 is 33.2 Å². The molecule has 8 nitrogen and oxygen atoms in total. The summed E-state index contributed by atoms with van der Waals surface area (Å²) in [5.41, 5.74) is 3.48. The molecule has 10 heteroatoms. The number of allylic oxidation sites excluding steroid dienone is 1. The lowest BCUT2D eigenvalue weighted by atomic mass is 9.68. The van der Waals surface area contributed by atoms with E-state index in [1.165, 1.54) is 11.1 Å². The Kier molecular flexibility index (Phi) is 9.86. The molecule has 1 amide bonds. The number of amides is 1. The smallest absolute Gasteiger partial charge is 0.264 e. The van der Waals surface area contributed by atoms with Crippen LogP contribution < -0.4 is 14.4 Å². The van der Waals surface area contributed by atoms with Gasteiger partial charge in [-0.1, -0.05) is 49.6 Å². The molecule has 0 aromatic heterocycles. The molecular weight excluding hydrogens is 648 g/mol. The van der Waals surface area contributed by atoms with Crippen molar-refractivity contribution in [2.75, 3.05) is 44.9 Å². The molecule has 0 saturated heterocycles. The number of ether oxygens (including phenoxy) is 3. The lowest BCUT2D eigenvalue weighted by Gasteiger charge is -2.46. The van der Waals surface area contributed by atoms with Crippen molar-refractivity contribution in [3.63, 3.8) is 0 Å². The summed E-state index contributed by atoms with van der Waals surface area (Å²) in [7, 11) is -2.24. The average Bonchev–Trinajstić information content (AvgIpc) is 3.88. The monoisotopic (exact) mass is 696 g/mol. The Hall–Kier alpha value is -2.59. The number of nitrogens with one attached hydrogen (secondary N) is 1. The number of anilines is 1. The van der Waals surface area contributed by atoms with E-state index in [0.29, 0.717) is 56.0 Å². The van der Waals surface area contributed by atoms with Gasteiger partial charge < -0.3 is 19.1 Å². The number of nitrogens with zero attached hydrogens (tertiary/aromatic N) is 1. The van der Waals surface area contributed by atoms with E-state index in [0.717, 1.165) is 74.5 Å². The molecule has 3 aliphatic carbocycles. The van der Waals surface area contributed by atoms with Crippen molar-refractivity contribution in [1.82, 2.24) is 4.72 Å². The van der Waals surface area contributed by atoms with Gasteiger partial charge in [0.25, 0.3) is 5.91 Å². The normalized spacial score (nSPS) is 32.2. The van der Waals surface area contributed by atoms with Gasteiger partial charge in [-0.15, -0.1) is 0 Å². The largest absolute Gasteiger partial charge is 0.490 e. The van der Waals surface area contributed by atoms with E-state index < -0.39 is 21.2 Å². The summed E-state index contributed by atoms with van der Waals surface area (Å²) in [6.45, 7) is 5.04. The zero-order chi connectivity index (χ0) is 33.5. The Bertz CT molecular complexity index is 1640. The molecular formula is C38H49ClN2O6S. The Morgan fingerprint density at radius 2 is 1.96 bits per heavy atom. The Balaban J connectivity index is 1.28. The van der Waals surface area contributed by atoms with Crippen molar-refractivity contribution in [3.05, 3.63) is 70.3 Å². The summed E-state index contributed by atoms with van der Waals surface area (Å²) >= 11 is 6.45. The topological polar surface area (TPSA) is 94.2 Å². The van der Waals surface area contributed by atoms with Gasteiger partial charge in [0, 0.05) is 36.2 Å². The molecule has 6 atom stereocenters. The van der Waals surface area contributed by atoms with Crippen molar-refractivity contribution in [1.29, 1.82) is 0 Å². The molecule has 0 unspecified atom stereocenters. The van der Waals surface area contributed by atoms with Gasteiger partial charge in [-0.05, 0) is 110 Å². The van der Waals surface area contributed by atoms with Gasteiger partial charge in [0.2, 0.25) is 10.0 Å². The molecule has 2 aromatic carbocycles. The van der Waals surface area contributed by atoms with E-state index in [1.54, 1.807) is 13.2 Å². The van der Waals surface area contributed by atoms with Crippen LogP contribution in [-0.4, -0.2) is 65.7 Å². The van der Waals surface area contributed by atoms with Crippen LogP contribution >= 0.6 is 11.6 Å². The number of carbonyl (C=O) groups excluding carboxylic acids is 1. The first-order chi connectivity index (χ1) is 23.2. The van der Waals surface area contributed by atoms with Crippen molar-refractivity contribution in [3.8, 4) is 5.75 Å². The first-order valence-electron chi connectivity index (χ1n) is 17.8. The van der Waals surface area contributed by atoms with Gasteiger partial charge in [-0.2, -0.15) is 0 Å². The highest BCUT2D eigenvalue weighted by molar-refractivity contribution is 7.90. The first kappa shape index (κ1) is 33.9. The highest BCUT2D eigenvalue weighted by atomic mass is 35.5. The quantitative estimate of drug-likeness (QED) is 0.266. The number of hydrogen-bond acceptors (Lipinski definition) is 7. The summed E-state index contributed by atoms with van der Waals surface area (Å²) in [6.07, 6.45) is 12.6. The van der Waals surface area contributed by atoms with E-state index in [1.807, 2.05) is 25.1 Å². The molecule has 2 bridgehead atoms. The Morgan fingerprint density at radius 1 is 1.10 bits per heavy atom. The molecule has 1 spiro atoms. The average molecular weight is 697 g/mol. The number of sulfonamides is 1. The second-order valence-corrected chi connectivity index (χ2v) is 17.3. The van der Waals surface area contributed by atoms with E-state index >= 15 is 0 Å². The third-order valence-corrected chi connectivity index (χ3v) is 13.8. The van der Waals surface area contributed by atoms with E-state index in [4.69, 9.17) is 25.8 Å². The second kappa shape index (κ2) is 14.0. The molecule has 7 rings (SSSR count). The summed E-state index contributed by atoms with van der Waals surface area (Å²) in [6, 6.07) is 11.6. The van der Waals surface area contributed by atoms with Crippen LogP contribution in [0.15, 0.2) is 48.6 Å². The maximum Gasteiger partial charge on any atom is 0.264 e. The van der Waals surface area contributed by atoms with Crippen molar-refractivity contribution in [2.45, 2.75) is 81.5 Å². The van der Waals surface area contributed by atoms with Crippen LogP contribution in [0.5, 0.6) is 5.75 Å². The third-order valence-electron chi connectivity index (χ3n) is 11.6. The molecule has 0 radical (unpaired) electrons. The highest BCUT2D eigenvalue weighted by Crippen LogP contribution is 2.47. The van der Waals surface area contributed by atoms with Crippen LogP contribution in [0.1, 0.15) is 79.8 Å². The standard InChI is InChI=1S/C38H49ClN2O6S/c1-25-5-3-7-34(46-18-17-45-2)31-13-10-29(31)22-41-23-38(16-4-6-27-20-30(39)12-14-32(27)38)24-47-35-15-11-28(21-33(35)41)37(42)40-48(43,44)36(25)19-26-8-9-26/h3,7,11-12,14-15,20-21,25-26,29,31,34,36H,4-6,8-10,13,16-19,22-24H2,1-2H3,(H,40,42)/b7-3-/t25-,29+,31-,34+,36+,38+/m1/s1. The lowest BCUT2D eigenvalue weighted by Crippen LogP contribution is -2.49. The van der Waals surface area contributed by atoms with E-state index in [9.17, 15) is 13.2 Å². The Labute approximate surface area is 290 Å². The van der Waals surface area contributed by atoms with Crippen LogP contribution in [0.3, 0.4) is 0 Å². The maximum atomic E-state index is 13.9. The maximum absolute atomic E-state index is 13.9. The summed E-state index contributed by atoms with van der Waals surface area (Å²) < 4.78 is 48.7. The van der Waals surface area contributed by atoms with Gasteiger partial charge in [-0.3, -0.25) is 4.79 Å². The molecule has 2 aliphatic heterocycles. The minimum absolute atomic E-state index is 0.0854. The van der Waals surface area contributed by atoms with E-state index in [-0.39, 0.29) is 17.4 Å². The van der Waals surface area contributed by atoms with Crippen molar-refractivity contribution in [2.24, 2.45) is 23.7 Å². The number of fused-ring (bicyclic) bond motifs is 4. The fraction of sp³-hybridized carbons (Fsp3) is 0.605. The number of rotatable bonds is 6. The lowest BCUT2D eigenvalue weighted by molar-refractivity contribution is -0.0309. The van der Waals surface area contributed by atoms with Crippen LogP contribution in [0, 0.1) is 23.7 Å².